The van der Waals surface area contributed by atoms with Gasteiger partial charge < -0.3 is 9.80 Å². The third-order valence-electron chi connectivity index (χ3n) is 7.43. The molecule has 1 fully saturated rings. The summed E-state index contributed by atoms with van der Waals surface area (Å²) in [7, 11) is 0. The first-order chi connectivity index (χ1) is 15.7. The highest BCUT2D eigenvalue weighted by atomic mass is 16.2. The molecule has 0 aromatic heterocycles. The van der Waals surface area contributed by atoms with Crippen molar-refractivity contribution in [3.8, 4) is 0 Å². The molecule has 1 unspecified atom stereocenters. The second-order valence-corrected chi connectivity index (χ2v) is 9.33. The minimum atomic E-state index is -0.724. The Labute approximate surface area is 191 Å². The summed E-state index contributed by atoms with van der Waals surface area (Å²) in [6.07, 6.45) is 3.43. The quantitative estimate of drug-likeness (QED) is 0.561. The molecule has 2 aliphatic rings. The highest BCUT2D eigenvalue weighted by Crippen LogP contribution is 2.39. The molecule has 1 atom stereocenters. The lowest BCUT2D eigenvalue weighted by Crippen LogP contribution is -2.52. The van der Waals surface area contributed by atoms with E-state index < -0.39 is 5.41 Å². The zero-order chi connectivity index (χ0) is 22.0. The van der Waals surface area contributed by atoms with Gasteiger partial charge in [0.15, 0.2) is 0 Å². The average molecular weight is 425 g/mol. The summed E-state index contributed by atoms with van der Waals surface area (Å²) in [5.74, 6) is 0.202. The molecule has 3 nitrogen and oxygen atoms in total. The number of carbonyl (C=O) groups excluding carboxylic acids is 1. The number of fused-ring (bicyclic) bond motifs is 1. The molecule has 2 aliphatic heterocycles. The fourth-order valence-electron chi connectivity index (χ4n) is 5.55. The van der Waals surface area contributed by atoms with E-state index in [0.717, 1.165) is 43.7 Å². The first-order valence-corrected chi connectivity index (χ1v) is 11.9. The minimum absolute atomic E-state index is 0.0947. The molecule has 1 amide bonds. The van der Waals surface area contributed by atoms with Crippen molar-refractivity contribution in [1.29, 1.82) is 0 Å². The van der Waals surface area contributed by atoms with E-state index in [0.29, 0.717) is 0 Å². The van der Waals surface area contributed by atoms with Gasteiger partial charge in [0.25, 0.3) is 0 Å². The van der Waals surface area contributed by atoms with Gasteiger partial charge in [-0.1, -0.05) is 84.9 Å². The zero-order valence-electron chi connectivity index (χ0n) is 18.9. The van der Waals surface area contributed by atoms with Gasteiger partial charge in [-0.2, -0.15) is 0 Å². The molecule has 5 rings (SSSR count). The number of likely N-dealkylation sites (tertiary alicyclic amines) is 1. The number of rotatable bonds is 5. The van der Waals surface area contributed by atoms with Crippen LogP contribution in [0.15, 0.2) is 84.9 Å². The van der Waals surface area contributed by atoms with Crippen LogP contribution in [0.2, 0.25) is 0 Å². The number of hydrogen-bond donors (Lipinski definition) is 0. The molecule has 3 aromatic carbocycles. The lowest BCUT2D eigenvalue weighted by molar-refractivity contribution is -0.138. The SMILES string of the molecule is CC(C(=O)N1CCc2ccccc2C1CN1CCCC1)(c1ccccc1)c1ccccc1. The Balaban J connectivity index is 1.58. The highest BCUT2D eigenvalue weighted by molar-refractivity contribution is 5.92. The van der Waals surface area contributed by atoms with Crippen LogP contribution in [0, 0.1) is 0 Å². The minimum Gasteiger partial charge on any atom is -0.333 e. The van der Waals surface area contributed by atoms with E-state index in [9.17, 15) is 4.79 Å². The van der Waals surface area contributed by atoms with Gasteiger partial charge in [-0.15, -0.1) is 0 Å². The van der Waals surface area contributed by atoms with Crippen molar-refractivity contribution in [2.24, 2.45) is 0 Å². The molecule has 32 heavy (non-hydrogen) atoms. The van der Waals surface area contributed by atoms with E-state index in [4.69, 9.17) is 0 Å². The van der Waals surface area contributed by atoms with Crippen LogP contribution < -0.4 is 0 Å². The second-order valence-electron chi connectivity index (χ2n) is 9.33. The van der Waals surface area contributed by atoms with Crippen LogP contribution >= 0.6 is 0 Å². The van der Waals surface area contributed by atoms with Crippen molar-refractivity contribution >= 4 is 5.91 Å². The smallest absolute Gasteiger partial charge is 0.237 e. The summed E-state index contributed by atoms with van der Waals surface area (Å²) in [6.45, 7) is 6.06. The van der Waals surface area contributed by atoms with Gasteiger partial charge in [-0.25, -0.2) is 0 Å². The summed E-state index contributed by atoms with van der Waals surface area (Å²) in [6, 6.07) is 29.4. The number of carbonyl (C=O) groups is 1. The molecule has 0 aliphatic carbocycles. The monoisotopic (exact) mass is 424 g/mol. The van der Waals surface area contributed by atoms with Crippen molar-refractivity contribution in [1.82, 2.24) is 9.80 Å². The zero-order valence-corrected chi connectivity index (χ0v) is 18.9. The summed E-state index contributed by atoms with van der Waals surface area (Å²) >= 11 is 0. The third kappa shape index (κ3) is 3.75. The van der Waals surface area contributed by atoms with Gasteiger partial charge in [-0.3, -0.25) is 4.79 Å². The summed E-state index contributed by atoms with van der Waals surface area (Å²) in [5.41, 5.74) is 4.09. The van der Waals surface area contributed by atoms with Gasteiger partial charge in [0.05, 0.1) is 11.5 Å². The first kappa shape index (κ1) is 21.0. The third-order valence-corrected chi connectivity index (χ3v) is 7.43. The van der Waals surface area contributed by atoms with Crippen LogP contribution in [0.1, 0.15) is 48.1 Å². The fourth-order valence-corrected chi connectivity index (χ4v) is 5.55. The number of nitrogens with zero attached hydrogens (tertiary/aromatic N) is 2. The van der Waals surface area contributed by atoms with Crippen LogP contribution in [-0.2, 0) is 16.6 Å². The van der Waals surface area contributed by atoms with Gasteiger partial charge in [-0.05, 0) is 61.5 Å². The maximum absolute atomic E-state index is 14.5. The molecular formula is C29H32N2O. The van der Waals surface area contributed by atoms with E-state index in [2.05, 4.69) is 65.3 Å². The average Bonchev–Trinajstić information content (AvgIpc) is 3.38. The maximum atomic E-state index is 14.5. The summed E-state index contributed by atoms with van der Waals surface area (Å²) in [5, 5.41) is 0. The van der Waals surface area contributed by atoms with Crippen molar-refractivity contribution in [3.63, 3.8) is 0 Å². The van der Waals surface area contributed by atoms with Gasteiger partial charge in [0.1, 0.15) is 0 Å². The maximum Gasteiger partial charge on any atom is 0.237 e. The lowest BCUT2D eigenvalue weighted by Gasteiger charge is -2.44. The number of amides is 1. The molecule has 3 aromatic rings. The Bertz CT molecular complexity index is 1020. The van der Waals surface area contributed by atoms with Crippen molar-refractivity contribution < 1.29 is 4.79 Å². The van der Waals surface area contributed by atoms with E-state index in [1.807, 2.05) is 36.4 Å². The van der Waals surface area contributed by atoms with Crippen molar-refractivity contribution in [3.05, 3.63) is 107 Å². The van der Waals surface area contributed by atoms with E-state index in [1.165, 1.54) is 24.0 Å². The van der Waals surface area contributed by atoms with Crippen LogP contribution in [0.4, 0.5) is 0 Å². The summed E-state index contributed by atoms with van der Waals surface area (Å²) in [4.78, 5) is 19.2. The molecule has 0 saturated carbocycles. The lowest BCUT2D eigenvalue weighted by atomic mass is 9.74. The molecule has 0 spiro atoms. The molecule has 0 radical (unpaired) electrons. The van der Waals surface area contributed by atoms with Crippen molar-refractivity contribution in [2.45, 2.75) is 37.6 Å². The standard InChI is InChI=1S/C29H32N2O/c1-29(24-13-4-2-5-14-24,25-15-6-3-7-16-25)28(32)31-21-18-23-12-8-9-17-26(23)27(31)22-30-19-10-11-20-30/h2-9,12-17,27H,10-11,18-22H2,1H3. The second kappa shape index (κ2) is 8.91. The van der Waals surface area contributed by atoms with Gasteiger partial charge >= 0.3 is 0 Å². The molecule has 0 bridgehead atoms. The summed E-state index contributed by atoms with van der Waals surface area (Å²) < 4.78 is 0. The van der Waals surface area contributed by atoms with Crippen LogP contribution in [-0.4, -0.2) is 41.9 Å². The molecule has 3 heteroatoms. The predicted octanol–water partition coefficient (Wildman–Crippen LogP) is 5.21. The molecule has 1 saturated heterocycles. The van der Waals surface area contributed by atoms with E-state index in [-0.39, 0.29) is 11.9 Å². The molecule has 0 N–H and O–H groups in total. The number of hydrogen-bond acceptors (Lipinski definition) is 2. The van der Waals surface area contributed by atoms with Gasteiger partial charge in [0, 0.05) is 13.1 Å². The Morgan fingerprint density at radius 2 is 1.38 bits per heavy atom. The molecule has 164 valence electrons. The Morgan fingerprint density at radius 1 is 0.812 bits per heavy atom. The predicted molar refractivity (Wildman–Crippen MR) is 130 cm³/mol. The molecule has 2 heterocycles. The Hall–Kier alpha value is -2.91. The highest BCUT2D eigenvalue weighted by Gasteiger charge is 2.44. The first-order valence-electron chi connectivity index (χ1n) is 11.9. The fraction of sp³-hybridized carbons (Fsp3) is 0.345. The molecular weight excluding hydrogens is 392 g/mol. The van der Waals surface area contributed by atoms with E-state index in [1.54, 1.807) is 0 Å². The van der Waals surface area contributed by atoms with Gasteiger partial charge in [0.2, 0.25) is 5.91 Å². The largest absolute Gasteiger partial charge is 0.333 e. The Kier molecular flexibility index (Phi) is 5.84. The van der Waals surface area contributed by atoms with Crippen molar-refractivity contribution in [2.75, 3.05) is 26.2 Å². The van der Waals surface area contributed by atoms with E-state index >= 15 is 0 Å². The van der Waals surface area contributed by atoms with Crippen LogP contribution in [0.25, 0.3) is 0 Å². The number of benzene rings is 3. The van der Waals surface area contributed by atoms with Crippen LogP contribution in [0.3, 0.4) is 0 Å². The topological polar surface area (TPSA) is 23.6 Å². The Morgan fingerprint density at radius 3 is 2.00 bits per heavy atom. The normalized spacial score (nSPS) is 19.0. The van der Waals surface area contributed by atoms with Crippen LogP contribution in [0.5, 0.6) is 0 Å².